The molecule has 0 spiro atoms. The number of hydrogen-bond acceptors (Lipinski definition) is 8. The molecule has 1 heterocycles. The van der Waals surface area contributed by atoms with Gasteiger partial charge in [-0.15, -0.1) is 16.7 Å². The minimum absolute atomic E-state index is 0.0527. The van der Waals surface area contributed by atoms with Gasteiger partial charge in [0.25, 0.3) is 11.2 Å². The number of phenols is 1. The number of aromatic nitrogens is 1. The highest BCUT2D eigenvalue weighted by atomic mass is 16.6. The number of phenolic OH excluding ortho intramolecular Hbond substituents is 1. The number of aromatic hydroxyl groups is 2. The average molecular weight is 353 g/mol. The van der Waals surface area contributed by atoms with Crippen LogP contribution in [0.4, 0.5) is 17.1 Å². The topological polar surface area (TPSA) is 154 Å². The highest BCUT2D eigenvalue weighted by molar-refractivity contribution is 5.61. The van der Waals surface area contributed by atoms with Crippen molar-refractivity contribution in [1.82, 2.24) is 4.57 Å². The number of benzene rings is 1. The highest BCUT2D eigenvalue weighted by Gasteiger charge is 2.19. The second-order valence-corrected chi connectivity index (χ2v) is 5.01. The number of azo groups is 1. The summed E-state index contributed by atoms with van der Waals surface area (Å²) in [6.07, 6.45) is 5.15. The first-order valence-electron chi connectivity index (χ1n) is 7.00. The van der Waals surface area contributed by atoms with Crippen LogP contribution in [0.15, 0.2) is 33.2 Å². The predicted molar refractivity (Wildman–Crippen MR) is 89.6 cm³/mol. The maximum atomic E-state index is 12.1. The van der Waals surface area contributed by atoms with E-state index in [2.05, 4.69) is 16.1 Å². The molecule has 0 amide bonds. The third-order valence-corrected chi connectivity index (χ3v) is 3.45. The van der Waals surface area contributed by atoms with Gasteiger partial charge in [0.05, 0.1) is 11.5 Å². The molecule has 2 aromatic rings. The predicted octanol–water partition coefficient (Wildman–Crippen LogP) is 2.40. The number of nitrogens with zero attached hydrogens (tertiary/aromatic N) is 5. The van der Waals surface area contributed by atoms with Gasteiger partial charge in [-0.05, 0) is 13.0 Å². The van der Waals surface area contributed by atoms with Crippen molar-refractivity contribution >= 4 is 17.1 Å². The van der Waals surface area contributed by atoms with Gasteiger partial charge in [-0.25, -0.2) is 0 Å². The van der Waals surface area contributed by atoms with Crippen LogP contribution in [0.25, 0.3) is 0 Å². The Labute approximate surface area is 146 Å². The Morgan fingerprint density at radius 1 is 1.38 bits per heavy atom. The van der Waals surface area contributed by atoms with E-state index < -0.39 is 16.4 Å². The summed E-state index contributed by atoms with van der Waals surface area (Å²) in [5.74, 6) is 1.18. The Hall–Kier alpha value is -4.18. The largest absolute Gasteiger partial charge is 0.506 e. The Balaban J connectivity index is 2.66. The van der Waals surface area contributed by atoms with Gasteiger partial charge in [0, 0.05) is 17.7 Å². The van der Waals surface area contributed by atoms with Gasteiger partial charge >= 0.3 is 0 Å². The van der Waals surface area contributed by atoms with E-state index in [1.807, 2.05) is 0 Å². The average Bonchev–Trinajstić information content (AvgIpc) is 2.60. The van der Waals surface area contributed by atoms with Crippen molar-refractivity contribution in [3.63, 3.8) is 0 Å². The van der Waals surface area contributed by atoms with E-state index in [0.29, 0.717) is 0 Å². The van der Waals surface area contributed by atoms with Gasteiger partial charge in [-0.3, -0.25) is 19.5 Å². The Kier molecular flexibility index (Phi) is 5.00. The van der Waals surface area contributed by atoms with Crippen LogP contribution in [0.1, 0.15) is 11.1 Å². The maximum absolute atomic E-state index is 12.1. The van der Waals surface area contributed by atoms with Crippen LogP contribution in [0.3, 0.4) is 0 Å². The smallest absolute Gasteiger partial charge is 0.272 e. The van der Waals surface area contributed by atoms with Gasteiger partial charge in [-0.1, -0.05) is 5.92 Å². The van der Waals surface area contributed by atoms with Crippen LogP contribution in [-0.4, -0.2) is 19.7 Å². The molecule has 1 aromatic heterocycles. The molecule has 0 radical (unpaired) electrons. The quantitative estimate of drug-likeness (QED) is 0.372. The van der Waals surface area contributed by atoms with Crippen LogP contribution in [-0.2, 0) is 6.54 Å². The third kappa shape index (κ3) is 3.20. The van der Waals surface area contributed by atoms with Gasteiger partial charge in [0.1, 0.15) is 23.1 Å². The summed E-state index contributed by atoms with van der Waals surface area (Å²) >= 11 is 0. The molecule has 0 saturated carbocycles. The Morgan fingerprint density at radius 3 is 2.65 bits per heavy atom. The van der Waals surface area contributed by atoms with E-state index in [1.54, 1.807) is 6.07 Å². The number of hydrogen-bond donors (Lipinski definition) is 2. The molecule has 1 aromatic carbocycles. The second kappa shape index (κ2) is 7.15. The van der Waals surface area contributed by atoms with Crippen LogP contribution in [0.2, 0.25) is 0 Å². The second-order valence-electron chi connectivity index (χ2n) is 5.01. The van der Waals surface area contributed by atoms with Crippen LogP contribution < -0.4 is 5.56 Å². The van der Waals surface area contributed by atoms with Crippen molar-refractivity contribution in [2.45, 2.75) is 13.5 Å². The number of pyridine rings is 1. The van der Waals surface area contributed by atoms with Gasteiger partial charge in [0.2, 0.25) is 5.88 Å². The first-order valence-corrected chi connectivity index (χ1v) is 7.00. The van der Waals surface area contributed by atoms with Crippen molar-refractivity contribution in [3.05, 3.63) is 49.8 Å². The van der Waals surface area contributed by atoms with E-state index in [-0.39, 0.29) is 40.5 Å². The van der Waals surface area contributed by atoms with Gasteiger partial charge in [-0.2, -0.15) is 5.26 Å². The lowest BCUT2D eigenvalue weighted by Crippen LogP contribution is -2.23. The first kappa shape index (κ1) is 18.2. The number of rotatable bonds is 4. The van der Waals surface area contributed by atoms with Crippen molar-refractivity contribution in [2.75, 3.05) is 0 Å². The number of terminal acetylenes is 1. The normalized spacial score (nSPS) is 10.4. The molecule has 130 valence electrons. The number of nitro groups is 1. The molecule has 2 N–H and O–H groups in total. The zero-order chi connectivity index (χ0) is 19.4. The fourth-order valence-corrected chi connectivity index (χ4v) is 2.10. The zero-order valence-electron chi connectivity index (χ0n) is 13.4. The first-order chi connectivity index (χ1) is 12.3. The van der Waals surface area contributed by atoms with Gasteiger partial charge in [0.15, 0.2) is 5.69 Å². The number of non-ortho nitro benzene ring substituents is 1. The molecule has 0 unspecified atom stereocenters. The van der Waals surface area contributed by atoms with Crippen molar-refractivity contribution in [2.24, 2.45) is 10.2 Å². The lowest BCUT2D eigenvalue weighted by atomic mass is 10.1. The molecule has 0 aliphatic heterocycles. The summed E-state index contributed by atoms with van der Waals surface area (Å²) in [5, 5.41) is 47.3. The lowest BCUT2D eigenvalue weighted by molar-refractivity contribution is -0.384. The highest BCUT2D eigenvalue weighted by Crippen LogP contribution is 2.35. The molecule has 26 heavy (non-hydrogen) atoms. The summed E-state index contributed by atoms with van der Waals surface area (Å²) < 4.78 is 0.771. The fraction of sp³-hybridized carbons (Fsp3) is 0.125. The summed E-state index contributed by atoms with van der Waals surface area (Å²) in [4.78, 5) is 22.3. The van der Waals surface area contributed by atoms with E-state index in [4.69, 9.17) is 11.7 Å². The molecule has 2 rings (SSSR count). The monoisotopic (exact) mass is 353 g/mol. The number of nitriles is 1. The molecule has 10 heteroatoms. The molecule has 10 nitrogen and oxygen atoms in total. The minimum Gasteiger partial charge on any atom is -0.506 e. The minimum atomic E-state index is -0.780. The summed E-state index contributed by atoms with van der Waals surface area (Å²) in [7, 11) is 0. The van der Waals surface area contributed by atoms with E-state index in [0.717, 1.165) is 22.8 Å². The summed E-state index contributed by atoms with van der Waals surface area (Å²) in [6, 6.07) is 4.84. The van der Waals surface area contributed by atoms with Crippen LogP contribution >= 0.6 is 0 Å². The molecule has 0 fully saturated rings. The molecule has 0 aliphatic carbocycles. The molecule has 0 bridgehead atoms. The Bertz CT molecular complexity index is 1070. The third-order valence-electron chi connectivity index (χ3n) is 3.45. The van der Waals surface area contributed by atoms with Crippen molar-refractivity contribution in [3.8, 4) is 30.0 Å². The van der Waals surface area contributed by atoms with Crippen molar-refractivity contribution < 1.29 is 15.1 Å². The standard InChI is InChI=1S/C16H11N5O5/c1-3-6-20-15(23)11(8-17)9(2)14(16(20)24)19-18-12-7-10(21(25)26)4-5-13(12)22/h1,4-5,7,22,24H,6H2,2H3/b19-18+. The van der Waals surface area contributed by atoms with Crippen LogP contribution in [0.5, 0.6) is 11.6 Å². The SMILES string of the molecule is C#CCn1c(O)c(/N=N/c2cc([N+](=O)[O-])ccc2O)c(C)c(C#N)c1=O. The zero-order valence-corrected chi connectivity index (χ0v) is 13.4. The molecular weight excluding hydrogens is 342 g/mol. The van der Waals surface area contributed by atoms with E-state index >= 15 is 0 Å². The van der Waals surface area contributed by atoms with E-state index in [1.165, 1.54) is 6.92 Å². The van der Waals surface area contributed by atoms with Crippen molar-refractivity contribution in [1.29, 1.82) is 5.26 Å². The fourth-order valence-electron chi connectivity index (χ4n) is 2.10. The lowest BCUT2D eigenvalue weighted by Gasteiger charge is -2.10. The molecule has 0 atom stereocenters. The Morgan fingerprint density at radius 2 is 2.08 bits per heavy atom. The molecule has 0 aliphatic rings. The number of nitro benzene ring substituents is 1. The molecular formula is C16H11N5O5. The van der Waals surface area contributed by atoms with Gasteiger partial charge < -0.3 is 10.2 Å². The summed E-state index contributed by atoms with van der Waals surface area (Å²) in [5.41, 5.74) is -1.79. The molecule has 0 saturated heterocycles. The van der Waals surface area contributed by atoms with Crippen LogP contribution in [0, 0.1) is 40.7 Å². The maximum Gasteiger partial charge on any atom is 0.272 e. The van der Waals surface area contributed by atoms with E-state index in [9.17, 15) is 25.1 Å². The summed E-state index contributed by atoms with van der Waals surface area (Å²) in [6.45, 7) is 1.08.